The van der Waals surface area contributed by atoms with Crippen molar-refractivity contribution in [3.63, 3.8) is 0 Å². The van der Waals surface area contributed by atoms with Crippen molar-refractivity contribution in [1.82, 2.24) is 5.32 Å². The van der Waals surface area contributed by atoms with Gasteiger partial charge in [-0.05, 0) is 26.3 Å². The second-order valence-electron chi connectivity index (χ2n) is 6.37. The van der Waals surface area contributed by atoms with E-state index in [0.717, 1.165) is 11.1 Å². The zero-order valence-corrected chi connectivity index (χ0v) is 15.2. The van der Waals surface area contributed by atoms with Crippen molar-refractivity contribution in [2.24, 2.45) is 0 Å². The van der Waals surface area contributed by atoms with E-state index in [1.807, 2.05) is 25.1 Å². The maximum Gasteiger partial charge on any atom is 0.308 e. The normalized spacial score (nSPS) is 11.7. The van der Waals surface area contributed by atoms with Crippen LogP contribution in [-0.2, 0) is 14.3 Å². The highest BCUT2D eigenvalue weighted by atomic mass is 16.5. The van der Waals surface area contributed by atoms with Crippen molar-refractivity contribution >= 4 is 17.7 Å². The molecule has 2 rings (SSSR count). The average Bonchev–Trinajstić information content (AvgIpc) is 2.61. The number of nitrogens with one attached hydrogen (secondary N) is 1. The Bertz CT molecular complexity index is 766. The third-order valence-electron chi connectivity index (χ3n) is 3.77. The summed E-state index contributed by atoms with van der Waals surface area (Å²) in [6.45, 7) is 5.42. The Morgan fingerprint density at radius 1 is 0.962 bits per heavy atom. The molecule has 0 heterocycles. The second-order valence-corrected chi connectivity index (χ2v) is 6.37. The molecule has 2 aromatic rings. The molecule has 1 atom stereocenters. The molecule has 136 valence electrons. The summed E-state index contributed by atoms with van der Waals surface area (Å²) in [6, 6.07) is 15.2. The van der Waals surface area contributed by atoms with Gasteiger partial charge >= 0.3 is 5.97 Å². The molecule has 5 nitrogen and oxygen atoms in total. The summed E-state index contributed by atoms with van der Waals surface area (Å²) >= 11 is 0. The van der Waals surface area contributed by atoms with Crippen LogP contribution in [0.5, 0.6) is 0 Å². The molecule has 0 fully saturated rings. The van der Waals surface area contributed by atoms with Crippen molar-refractivity contribution in [2.75, 3.05) is 0 Å². The summed E-state index contributed by atoms with van der Waals surface area (Å²) in [7, 11) is 0. The number of hydrogen-bond donors (Lipinski definition) is 1. The molecule has 1 unspecified atom stereocenters. The predicted molar refractivity (Wildman–Crippen MR) is 98.7 cm³/mol. The van der Waals surface area contributed by atoms with Crippen LogP contribution in [0.25, 0.3) is 0 Å². The first kappa shape index (κ1) is 19.4. The van der Waals surface area contributed by atoms with Gasteiger partial charge in [0.15, 0.2) is 0 Å². The van der Waals surface area contributed by atoms with Crippen LogP contribution in [0.1, 0.15) is 47.8 Å². The van der Waals surface area contributed by atoms with E-state index in [2.05, 4.69) is 5.32 Å². The number of esters is 1. The molecule has 0 bridgehead atoms. The van der Waals surface area contributed by atoms with Gasteiger partial charge in [-0.1, -0.05) is 60.2 Å². The van der Waals surface area contributed by atoms with Gasteiger partial charge in [-0.2, -0.15) is 0 Å². The van der Waals surface area contributed by atoms with Gasteiger partial charge in [0.05, 0.1) is 18.6 Å². The van der Waals surface area contributed by atoms with Crippen LogP contribution in [0.15, 0.2) is 54.6 Å². The number of ether oxygens (including phenoxy) is 1. The van der Waals surface area contributed by atoms with Crippen molar-refractivity contribution in [2.45, 2.75) is 39.3 Å². The lowest BCUT2D eigenvalue weighted by Gasteiger charge is -2.19. The Hall–Kier alpha value is -2.95. The molecule has 1 amide bonds. The molecule has 5 heteroatoms. The number of ketones is 1. The van der Waals surface area contributed by atoms with Gasteiger partial charge in [0, 0.05) is 5.56 Å². The number of amides is 1. The number of carbonyl (C=O) groups excluding carboxylic acids is 3. The third-order valence-corrected chi connectivity index (χ3v) is 3.77. The van der Waals surface area contributed by atoms with Crippen molar-refractivity contribution in [1.29, 1.82) is 0 Å². The predicted octanol–water partition coefficient (Wildman–Crippen LogP) is 3.38. The highest BCUT2D eigenvalue weighted by molar-refractivity contribution is 6.42. The molecule has 0 spiro atoms. The van der Waals surface area contributed by atoms with E-state index in [1.54, 1.807) is 50.2 Å². The summed E-state index contributed by atoms with van der Waals surface area (Å²) in [5.74, 6) is -1.82. The van der Waals surface area contributed by atoms with Gasteiger partial charge in [0.1, 0.15) is 0 Å². The molecule has 26 heavy (non-hydrogen) atoms. The van der Waals surface area contributed by atoms with E-state index in [-0.39, 0.29) is 12.5 Å². The largest absolute Gasteiger partial charge is 0.463 e. The van der Waals surface area contributed by atoms with Gasteiger partial charge in [-0.25, -0.2) is 0 Å². The number of benzene rings is 2. The van der Waals surface area contributed by atoms with Crippen LogP contribution < -0.4 is 5.32 Å². The van der Waals surface area contributed by atoms with Crippen LogP contribution in [0, 0.1) is 6.92 Å². The fourth-order valence-electron chi connectivity index (χ4n) is 2.48. The molecule has 0 saturated carbocycles. The van der Waals surface area contributed by atoms with Gasteiger partial charge in [-0.15, -0.1) is 0 Å². The standard InChI is InChI=1S/C21H23NO4/c1-14(2)26-19(23)13-18(16-7-5-4-6-8-16)22-21(25)20(24)17-11-9-15(3)10-12-17/h4-12,14,18H,13H2,1-3H3,(H,22,25). The highest BCUT2D eigenvalue weighted by Gasteiger charge is 2.24. The molecule has 0 aromatic heterocycles. The minimum atomic E-state index is -0.750. The van der Waals surface area contributed by atoms with E-state index in [0.29, 0.717) is 5.56 Å². The zero-order chi connectivity index (χ0) is 19.1. The fraction of sp³-hybridized carbons (Fsp3) is 0.286. The summed E-state index contributed by atoms with van der Waals surface area (Å²) in [6.07, 6.45) is -0.293. The molecular weight excluding hydrogens is 330 g/mol. The number of aryl methyl sites for hydroxylation is 1. The smallest absolute Gasteiger partial charge is 0.308 e. The molecule has 1 N–H and O–H groups in total. The van der Waals surface area contributed by atoms with Crippen LogP contribution in [0.4, 0.5) is 0 Å². The van der Waals surface area contributed by atoms with Crippen LogP contribution >= 0.6 is 0 Å². The SMILES string of the molecule is Cc1ccc(C(=O)C(=O)NC(CC(=O)OC(C)C)c2ccccc2)cc1. The first-order chi connectivity index (χ1) is 12.4. The fourth-order valence-corrected chi connectivity index (χ4v) is 2.48. The summed E-state index contributed by atoms with van der Waals surface area (Å²) in [5.41, 5.74) is 2.04. The molecule has 0 aliphatic carbocycles. The van der Waals surface area contributed by atoms with Gasteiger partial charge in [0.2, 0.25) is 5.78 Å². The molecular formula is C21H23NO4. The number of Topliss-reactive ketones (excluding diaryl/α,β-unsaturated/α-hetero) is 1. The molecule has 0 aliphatic heterocycles. The molecule has 0 radical (unpaired) electrons. The summed E-state index contributed by atoms with van der Waals surface area (Å²) in [5, 5.41) is 2.66. The van der Waals surface area contributed by atoms with Crippen LogP contribution in [0.2, 0.25) is 0 Å². The van der Waals surface area contributed by atoms with Crippen molar-refractivity contribution in [3.05, 3.63) is 71.3 Å². The van der Waals surface area contributed by atoms with Gasteiger partial charge in [0.25, 0.3) is 5.91 Å². The van der Waals surface area contributed by atoms with Gasteiger partial charge < -0.3 is 10.1 Å². The molecule has 0 aliphatic rings. The van der Waals surface area contributed by atoms with E-state index in [4.69, 9.17) is 4.74 Å². The number of rotatable bonds is 7. The maximum absolute atomic E-state index is 12.4. The maximum atomic E-state index is 12.4. The second kappa shape index (κ2) is 8.94. The Morgan fingerprint density at radius 3 is 2.15 bits per heavy atom. The van der Waals surface area contributed by atoms with E-state index >= 15 is 0 Å². The highest BCUT2D eigenvalue weighted by Crippen LogP contribution is 2.18. The summed E-state index contributed by atoms with van der Waals surface area (Å²) in [4.78, 5) is 36.8. The Kier molecular flexibility index (Phi) is 6.67. The Labute approximate surface area is 153 Å². The van der Waals surface area contributed by atoms with Crippen molar-refractivity contribution < 1.29 is 19.1 Å². The quantitative estimate of drug-likeness (QED) is 0.470. The van der Waals surface area contributed by atoms with Crippen LogP contribution in [-0.4, -0.2) is 23.8 Å². The lowest BCUT2D eigenvalue weighted by Crippen LogP contribution is -2.36. The summed E-state index contributed by atoms with van der Waals surface area (Å²) < 4.78 is 5.17. The first-order valence-electron chi connectivity index (χ1n) is 8.53. The number of carbonyl (C=O) groups is 3. The van der Waals surface area contributed by atoms with Crippen molar-refractivity contribution in [3.8, 4) is 0 Å². The monoisotopic (exact) mass is 353 g/mol. The van der Waals surface area contributed by atoms with E-state index in [9.17, 15) is 14.4 Å². The van der Waals surface area contributed by atoms with Gasteiger partial charge in [-0.3, -0.25) is 14.4 Å². The molecule has 2 aromatic carbocycles. The minimum Gasteiger partial charge on any atom is -0.463 e. The third kappa shape index (κ3) is 5.55. The first-order valence-corrected chi connectivity index (χ1v) is 8.53. The average molecular weight is 353 g/mol. The molecule has 0 saturated heterocycles. The lowest BCUT2D eigenvalue weighted by molar-refractivity contribution is -0.148. The Morgan fingerprint density at radius 2 is 1.58 bits per heavy atom. The lowest BCUT2D eigenvalue weighted by atomic mass is 10.0. The van der Waals surface area contributed by atoms with E-state index < -0.39 is 23.7 Å². The minimum absolute atomic E-state index is 0.0465. The van der Waals surface area contributed by atoms with Crippen LogP contribution in [0.3, 0.4) is 0 Å². The van der Waals surface area contributed by atoms with E-state index in [1.165, 1.54) is 0 Å². The number of hydrogen-bond acceptors (Lipinski definition) is 4. The topological polar surface area (TPSA) is 72.5 Å². The Balaban J connectivity index is 2.14. The zero-order valence-electron chi connectivity index (χ0n) is 15.2.